The number of nitrogens with one attached hydrogen (secondary N) is 1. The molecule has 0 fully saturated rings. The minimum absolute atomic E-state index is 0.0961. The molecule has 8 nitrogen and oxygen atoms in total. The van der Waals surface area contributed by atoms with Gasteiger partial charge in [0.2, 0.25) is 5.75 Å². The van der Waals surface area contributed by atoms with Crippen molar-refractivity contribution in [1.82, 2.24) is 19.5 Å². The molecule has 1 atom stereocenters. The van der Waals surface area contributed by atoms with Crippen molar-refractivity contribution in [2.75, 3.05) is 0 Å². The topological polar surface area (TPSA) is 114 Å². The zero-order valence-corrected chi connectivity index (χ0v) is 18.0. The Kier molecular flexibility index (Phi) is 6.22. The number of benzene rings is 1. The van der Waals surface area contributed by atoms with Gasteiger partial charge in [-0.15, -0.1) is 0 Å². The van der Waals surface area contributed by atoms with Gasteiger partial charge in [0.1, 0.15) is 23.4 Å². The SMILES string of the molecule is Cc1nc(C)c(Cn2cnc(C(C)F)c(Oc3c(C)cc(C#N)cc3Cl)c2=O)c(=O)[nH]1. The third kappa shape index (κ3) is 4.49. The van der Waals surface area contributed by atoms with Gasteiger partial charge < -0.3 is 9.72 Å². The summed E-state index contributed by atoms with van der Waals surface area (Å²) in [6.07, 6.45) is -0.437. The summed E-state index contributed by atoms with van der Waals surface area (Å²) in [5.41, 5.74) is 0.278. The molecule has 31 heavy (non-hydrogen) atoms. The second-order valence-electron chi connectivity index (χ2n) is 7.04. The minimum atomic E-state index is -1.60. The van der Waals surface area contributed by atoms with Gasteiger partial charge in [-0.1, -0.05) is 11.6 Å². The fourth-order valence-electron chi connectivity index (χ4n) is 3.11. The molecule has 3 aromatic rings. The van der Waals surface area contributed by atoms with Crippen LogP contribution in [0.1, 0.15) is 47.0 Å². The molecule has 0 aliphatic carbocycles. The van der Waals surface area contributed by atoms with Crippen molar-refractivity contribution in [3.63, 3.8) is 0 Å². The average Bonchev–Trinajstić information content (AvgIpc) is 2.68. The Morgan fingerprint density at radius 2 is 2.00 bits per heavy atom. The molecular weight excluding hydrogens is 425 g/mol. The maximum Gasteiger partial charge on any atom is 0.297 e. The summed E-state index contributed by atoms with van der Waals surface area (Å²) in [6.45, 7) is 6.06. The molecule has 0 saturated heterocycles. The van der Waals surface area contributed by atoms with E-state index in [0.717, 1.165) is 10.9 Å². The normalized spacial score (nSPS) is 11.8. The standard InChI is InChI=1S/C21H19ClFN5O3/c1-10-5-14(7-24)6-16(22)18(10)31-19-17(11(2)23)25-9-28(21(19)30)8-15-12(3)26-13(4)27-20(15)29/h5-6,9,11H,8H2,1-4H3,(H,26,27,29). The van der Waals surface area contributed by atoms with Gasteiger partial charge in [-0.25, -0.2) is 14.4 Å². The lowest BCUT2D eigenvalue weighted by Crippen LogP contribution is -2.28. The molecule has 2 heterocycles. The number of halogens is 2. The molecule has 1 unspecified atom stereocenters. The van der Waals surface area contributed by atoms with Crippen LogP contribution in [0.4, 0.5) is 4.39 Å². The molecule has 160 valence electrons. The van der Waals surface area contributed by atoms with E-state index in [-0.39, 0.29) is 39.9 Å². The number of aromatic nitrogens is 4. The number of nitrogens with zero attached hydrogens (tertiary/aromatic N) is 4. The summed E-state index contributed by atoms with van der Waals surface area (Å²) >= 11 is 6.22. The third-order valence-electron chi connectivity index (χ3n) is 4.63. The zero-order valence-electron chi connectivity index (χ0n) is 17.3. The van der Waals surface area contributed by atoms with Crippen LogP contribution in [-0.4, -0.2) is 19.5 Å². The van der Waals surface area contributed by atoms with Crippen LogP contribution in [0.25, 0.3) is 0 Å². The fourth-order valence-corrected chi connectivity index (χ4v) is 3.41. The molecule has 10 heteroatoms. The van der Waals surface area contributed by atoms with Gasteiger partial charge in [-0.3, -0.25) is 14.2 Å². The molecule has 1 N–H and O–H groups in total. The summed E-state index contributed by atoms with van der Waals surface area (Å²) in [4.78, 5) is 36.3. The Labute approximate surface area is 181 Å². The molecule has 1 aromatic carbocycles. The molecule has 0 aliphatic heterocycles. The summed E-state index contributed by atoms with van der Waals surface area (Å²) in [5, 5.41) is 9.17. The van der Waals surface area contributed by atoms with Crippen molar-refractivity contribution < 1.29 is 9.13 Å². The highest BCUT2D eigenvalue weighted by Gasteiger charge is 2.22. The number of hydrogen-bond acceptors (Lipinski definition) is 6. The van der Waals surface area contributed by atoms with E-state index in [2.05, 4.69) is 15.0 Å². The van der Waals surface area contributed by atoms with Crippen LogP contribution in [0, 0.1) is 32.1 Å². The van der Waals surface area contributed by atoms with Crippen molar-refractivity contribution in [2.24, 2.45) is 0 Å². The summed E-state index contributed by atoms with van der Waals surface area (Å²) in [7, 11) is 0. The molecule has 0 amide bonds. The Morgan fingerprint density at radius 1 is 1.29 bits per heavy atom. The van der Waals surface area contributed by atoms with Gasteiger partial charge >= 0.3 is 0 Å². The fraction of sp³-hybridized carbons (Fsp3) is 0.286. The monoisotopic (exact) mass is 443 g/mol. The number of aryl methyl sites for hydroxylation is 3. The maximum atomic E-state index is 14.2. The first-order valence-electron chi connectivity index (χ1n) is 9.30. The highest BCUT2D eigenvalue weighted by Crippen LogP contribution is 2.35. The maximum absolute atomic E-state index is 14.2. The highest BCUT2D eigenvalue weighted by atomic mass is 35.5. The Hall–Kier alpha value is -3.51. The lowest BCUT2D eigenvalue weighted by atomic mass is 10.1. The molecule has 0 radical (unpaired) electrons. The second kappa shape index (κ2) is 8.70. The Morgan fingerprint density at radius 3 is 2.58 bits per heavy atom. The van der Waals surface area contributed by atoms with Crippen LogP contribution in [0.2, 0.25) is 5.02 Å². The zero-order chi connectivity index (χ0) is 22.9. The number of hydrogen-bond donors (Lipinski definition) is 1. The van der Waals surface area contributed by atoms with E-state index in [0.29, 0.717) is 22.6 Å². The van der Waals surface area contributed by atoms with Crippen LogP contribution in [0.5, 0.6) is 11.5 Å². The molecule has 0 spiro atoms. The van der Waals surface area contributed by atoms with E-state index in [1.165, 1.54) is 19.1 Å². The highest BCUT2D eigenvalue weighted by molar-refractivity contribution is 6.32. The van der Waals surface area contributed by atoms with Gasteiger partial charge in [-0.2, -0.15) is 5.26 Å². The largest absolute Gasteiger partial charge is 0.448 e. The van der Waals surface area contributed by atoms with Crippen LogP contribution in [0.15, 0.2) is 28.0 Å². The first-order chi connectivity index (χ1) is 14.6. The summed E-state index contributed by atoms with van der Waals surface area (Å²) < 4.78 is 21.1. The predicted octanol–water partition coefficient (Wildman–Crippen LogP) is 3.65. The average molecular weight is 444 g/mol. The molecule has 2 aromatic heterocycles. The lowest BCUT2D eigenvalue weighted by molar-refractivity contribution is 0.344. The number of nitriles is 1. The smallest absolute Gasteiger partial charge is 0.297 e. The van der Waals surface area contributed by atoms with Crippen LogP contribution < -0.4 is 15.9 Å². The van der Waals surface area contributed by atoms with E-state index in [9.17, 15) is 14.0 Å². The summed E-state index contributed by atoms with van der Waals surface area (Å²) in [5.74, 6) is 0.222. The number of ether oxygens (including phenoxy) is 1. The van der Waals surface area contributed by atoms with E-state index in [4.69, 9.17) is 21.6 Å². The number of rotatable bonds is 5. The van der Waals surface area contributed by atoms with Crippen molar-refractivity contribution in [3.8, 4) is 17.6 Å². The van der Waals surface area contributed by atoms with Crippen molar-refractivity contribution >= 4 is 11.6 Å². The number of aromatic amines is 1. The minimum Gasteiger partial charge on any atom is -0.448 e. The molecule has 0 saturated carbocycles. The van der Waals surface area contributed by atoms with Crippen molar-refractivity contribution in [1.29, 1.82) is 5.26 Å². The first-order valence-corrected chi connectivity index (χ1v) is 9.68. The van der Waals surface area contributed by atoms with Gasteiger partial charge in [-0.05, 0) is 45.4 Å². The van der Waals surface area contributed by atoms with Gasteiger partial charge in [0, 0.05) is 5.69 Å². The Bertz CT molecular complexity index is 1300. The Balaban J connectivity index is 2.12. The molecule has 0 aliphatic rings. The molecule has 3 rings (SSSR count). The number of alkyl halides is 1. The third-order valence-corrected chi connectivity index (χ3v) is 4.91. The van der Waals surface area contributed by atoms with E-state index >= 15 is 0 Å². The second-order valence-corrected chi connectivity index (χ2v) is 7.45. The van der Waals surface area contributed by atoms with E-state index in [1.807, 2.05) is 6.07 Å². The van der Waals surface area contributed by atoms with Crippen LogP contribution >= 0.6 is 11.6 Å². The van der Waals surface area contributed by atoms with E-state index < -0.39 is 11.7 Å². The van der Waals surface area contributed by atoms with Gasteiger partial charge in [0.25, 0.3) is 11.1 Å². The quantitative estimate of drug-likeness (QED) is 0.643. The van der Waals surface area contributed by atoms with Crippen molar-refractivity contribution in [3.05, 3.63) is 78.1 Å². The molecular formula is C21H19ClFN5O3. The summed E-state index contributed by atoms with van der Waals surface area (Å²) in [6, 6.07) is 4.90. The van der Waals surface area contributed by atoms with Crippen LogP contribution in [-0.2, 0) is 6.54 Å². The van der Waals surface area contributed by atoms with Gasteiger partial charge in [0.05, 0.1) is 35.1 Å². The van der Waals surface area contributed by atoms with Crippen LogP contribution in [0.3, 0.4) is 0 Å². The van der Waals surface area contributed by atoms with Crippen molar-refractivity contribution in [2.45, 2.75) is 40.4 Å². The van der Waals surface area contributed by atoms with E-state index in [1.54, 1.807) is 20.8 Å². The predicted molar refractivity (Wildman–Crippen MR) is 112 cm³/mol. The molecule has 0 bridgehead atoms. The van der Waals surface area contributed by atoms with Gasteiger partial charge in [0.15, 0.2) is 0 Å². The number of H-pyrrole nitrogens is 1. The first kappa shape index (κ1) is 22.2. The lowest BCUT2D eigenvalue weighted by Gasteiger charge is -2.16.